The normalized spacial score (nSPS) is 10.6. The zero-order valence-electron chi connectivity index (χ0n) is 6.59. The van der Waals surface area contributed by atoms with Crippen molar-refractivity contribution in [3.8, 4) is 0 Å². The zero-order valence-corrected chi connectivity index (χ0v) is 8.10. The van der Waals surface area contributed by atoms with E-state index < -0.39 is 0 Å². The number of rotatable bonds is 0. The van der Waals surface area contributed by atoms with Gasteiger partial charge in [0.15, 0.2) is 0 Å². The lowest BCUT2D eigenvalue weighted by Crippen LogP contribution is -1.90. The lowest BCUT2D eigenvalue weighted by molar-refractivity contribution is 1.41. The maximum Gasteiger partial charge on any atom is 0.0947 e. The molecule has 2 nitrogen and oxygen atoms in total. The molecule has 0 unspecified atom stereocenters. The van der Waals surface area contributed by atoms with E-state index in [1.165, 1.54) is 0 Å². The number of aromatic nitrogens is 1. The highest BCUT2D eigenvalue weighted by Crippen LogP contribution is 2.33. The molecular formula is C9H6Cl2N2. The van der Waals surface area contributed by atoms with Gasteiger partial charge in [-0.05, 0) is 18.2 Å². The van der Waals surface area contributed by atoms with Gasteiger partial charge < -0.3 is 5.73 Å². The van der Waals surface area contributed by atoms with E-state index in [1.807, 2.05) is 6.07 Å². The molecule has 0 saturated carbocycles. The van der Waals surface area contributed by atoms with Gasteiger partial charge in [0.05, 0.1) is 21.2 Å². The quantitative estimate of drug-likeness (QED) is 0.682. The van der Waals surface area contributed by atoms with Crippen molar-refractivity contribution < 1.29 is 0 Å². The summed E-state index contributed by atoms with van der Waals surface area (Å²) in [7, 11) is 0. The number of anilines is 1. The molecule has 1 aromatic heterocycles. The molecule has 0 amide bonds. The summed E-state index contributed by atoms with van der Waals surface area (Å²) < 4.78 is 0. The van der Waals surface area contributed by atoms with Gasteiger partial charge in [-0.3, -0.25) is 4.98 Å². The van der Waals surface area contributed by atoms with Crippen molar-refractivity contribution in [2.24, 2.45) is 0 Å². The first kappa shape index (κ1) is 8.60. The molecule has 1 aromatic carbocycles. The Hall–Kier alpha value is -0.990. The van der Waals surface area contributed by atoms with Gasteiger partial charge in [-0.15, -0.1) is 0 Å². The summed E-state index contributed by atoms with van der Waals surface area (Å²) in [6.45, 7) is 0. The Bertz CT molecular complexity index is 468. The van der Waals surface area contributed by atoms with Crippen molar-refractivity contribution in [2.45, 2.75) is 0 Å². The number of halogens is 2. The van der Waals surface area contributed by atoms with Gasteiger partial charge in [0, 0.05) is 11.6 Å². The van der Waals surface area contributed by atoms with E-state index in [9.17, 15) is 0 Å². The van der Waals surface area contributed by atoms with E-state index in [0.717, 1.165) is 5.39 Å². The summed E-state index contributed by atoms with van der Waals surface area (Å²) in [5.74, 6) is 0. The second kappa shape index (κ2) is 3.05. The van der Waals surface area contributed by atoms with E-state index in [4.69, 9.17) is 28.9 Å². The van der Waals surface area contributed by atoms with Crippen LogP contribution in [0.2, 0.25) is 10.0 Å². The van der Waals surface area contributed by atoms with Crippen molar-refractivity contribution in [2.75, 3.05) is 5.73 Å². The van der Waals surface area contributed by atoms with Crippen LogP contribution in [-0.4, -0.2) is 4.98 Å². The summed E-state index contributed by atoms with van der Waals surface area (Å²) in [4.78, 5) is 4.11. The third-order valence-electron chi connectivity index (χ3n) is 1.81. The number of nitrogens with two attached hydrogens (primary N) is 1. The molecule has 1 heterocycles. The van der Waals surface area contributed by atoms with E-state index >= 15 is 0 Å². The number of nitrogen functional groups attached to an aromatic ring is 1. The SMILES string of the molecule is Nc1cc(Cl)c(Cl)c2cccnc12. The standard InChI is InChI=1S/C9H6Cl2N2/c10-6-4-7(12)9-5(8(6)11)2-1-3-13-9/h1-4H,12H2. The van der Waals surface area contributed by atoms with Crippen LogP contribution in [0.3, 0.4) is 0 Å². The molecule has 66 valence electrons. The van der Waals surface area contributed by atoms with Gasteiger partial charge in [-0.1, -0.05) is 23.2 Å². The predicted molar refractivity (Wildman–Crippen MR) is 56.2 cm³/mol. The van der Waals surface area contributed by atoms with Crippen LogP contribution in [0.1, 0.15) is 0 Å². The molecule has 0 saturated heterocycles. The summed E-state index contributed by atoms with van der Waals surface area (Å²) in [5, 5.41) is 1.74. The largest absolute Gasteiger partial charge is 0.397 e. The van der Waals surface area contributed by atoms with Crippen molar-refractivity contribution in [3.05, 3.63) is 34.4 Å². The minimum absolute atomic E-state index is 0.458. The third-order valence-corrected chi connectivity index (χ3v) is 2.61. The van der Waals surface area contributed by atoms with Gasteiger partial charge in [0.1, 0.15) is 0 Å². The fraction of sp³-hybridized carbons (Fsp3) is 0. The van der Waals surface area contributed by atoms with Gasteiger partial charge in [0.2, 0.25) is 0 Å². The molecule has 0 bridgehead atoms. The van der Waals surface area contributed by atoms with Crippen molar-refractivity contribution in [1.29, 1.82) is 0 Å². The van der Waals surface area contributed by atoms with Gasteiger partial charge in [-0.2, -0.15) is 0 Å². The maximum atomic E-state index is 5.97. The number of hydrogen-bond donors (Lipinski definition) is 1. The molecule has 13 heavy (non-hydrogen) atoms. The third kappa shape index (κ3) is 1.32. The first-order valence-corrected chi connectivity index (χ1v) is 4.44. The summed E-state index contributed by atoms with van der Waals surface area (Å²) in [6.07, 6.45) is 1.67. The summed E-state index contributed by atoms with van der Waals surface area (Å²) in [5.41, 5.74) is 6.96. The minimum atomic E-state index is 0.458. The molecule has 0 atom stereocenters. The monoisotopic (exact) mass is 212 g/mol. The molecule has 0 fully saturated rings. The highest BCUT2D eigenvalue weighted by molar-refractivity contribution is 6.45. The number of nitrogens with zero attached hydrogens (tertiary/aromatic N) is 1. The smallest absolute Gasteiger partial charge is 0.0947 e. The fourth-order valence-corrected chi connectivity index (χ4v) is 1.64. The Kier molecular flexibility index (Phi) is 2.02. The van der Waals surface area contributed by atoms with Crippen LogP contribution in [0, 0.1) is 0 Å². The van der Waals surface area contributed by atoms with Crippen LogP contribution in [0.4, 0.5) is 5.69 Å². The van der Waals surface area contributed by atoms with Crippen LogP contribution in [0.5, 0.6) is 0 Å². The molecule has 0 aliphatic rings. The molecule has 2 rings (SSSR count). The molecule has 0 aliphatic heterocycles. The lowest BCUT2D eigenvalue weighted by atomic mass is 10.2. The van der Waals surface area contributed by atoms with Crippen molar-refractivity contribution in [3.63, 3.8) is 0 Å². The summed E-state index contributed by atoms with van der Waals surface area (Å²) >= 11 is 11.8. The van der Waals surface area contributed by atoms with E-state index in [1.54, 1.807) is 18.3 Å². The van der Waals surface area contributed by atoms with Gasteiger partial charge in [0.25, 0.3) is 0 Å². The topological polar surface area (TPSA) is 38.9 Å². The highest BCUT2D eigenvalue weighted by atomic mass is 35.5. The van der Waals surface area contributed by atoms with Crippen LogP contribution in [0.15, 0.2) is 24.4 Å². The molecule has 2 N–H and O–H groups in total. The Morgan fingerprint density at radius 3 is 2.85 bits per heavy atom. The number of pyridine rings is 1. The van der Waals surface area contributed by atoms with Gasteiger partial charge >= 0.3 is 0 Å². The Labute approximate surface area is 85.3 Å². The van der Waals surface area contributed by atoms with Crippen molar-refractivity contribution >= 4 is 39.8 Å². The predicted octanol–water partition coefficient (Wildman–Crippen LogP) is 3.12. The van der Waals surface area contributed by atoms with Crippen LogP contribution < -0.4 is 5.73 Å². The fourth-order valence-electron chi connectivity index (χ4n) is 1.21. The Morgan fingerprint density at radius 2 is 2.08 bits per heavy atom. The van der Waals surface area contributed by atoms with Crippen LogP contribution >= 0.6 is 23.2 Å². The molecule has 2 aromatic rings. The first-order valence-electron chi connectivity index (χ1n) is 3.68. The zero-order chi connectivity index (χ0) is 9.42. The average Bonchev–Trinajstić information content (AvgIpc) is 2.15. The molecule has 0 spiro atoms. The van der Waals surface area contributed by atoms with E-state index in [-0.39, 0.29) is 0 Å². The first-order chi connectivity index (χ1) is 6.20. The average molecular weight is 213 g/mol. The molecular weight excluding hydrogens is 207 g/mol. The van der Waals surface area contributed by atoms with Gasteiger partial charge in [-0.25, -0.2) is 0 Å². The number of hydrogen-bond acceptors (Lipinski definition) is 2. The number of benzene rings is 1. The minimum Gasteiger partial charge on any atom is -0.397 e. The Morgan fingerprint density at radius 1 is 1.31 bits per heavy atom. The molecule has 0 aliphatic carbocycles. The Balaban J connectivity index is 2.97. The highest BCUT2D eigenvalue weighted by Gasteiger charge is 2.07. The van der Waals surface area contributed by atoms with Crippen LogP contribution in [0.25, 0.3) is 10.9 Å². The second-order valence-corrected chi connectivity index (χ2v) is 3.45. The molecule has 0 radical (unpaired) electrons. The van der Waals surface area contributed by atoms with E-state index in [2.05, 4.69) is 4.98 Å². The maximum absolute atomic E-state index is 5.97. The molecule has 4 heteroatoms. The van der Waals surface area contributed by atoms with Crippen molar-refractivity contribution in [1.82, 2.24) is 4.98 Å². The van der Waals surface area contributed by atoms with Crippen LogP contribution in [-0.2, 0) is 0 Å². The number of fused-ring (bicyclic) bond motifs is 1. The van der Waals surface area contributed by atoms with E-state index in [0.29, 0.717) is 21.2 Å². The summed E-state index contributed by atoms with van der Waals surface area (Å²) in [6, 6.07) is 5.25. The second-order valence-electron chi connectivity index (χ2n) is 2.66. The lowest BCUT2D eigenvalue weighted by Gasteiger charge is -2.04.